The molecule has 0 aliphatic carbocycles. The smallest absolute Gasteiger partial charge is 0.0532 e. The third-order valence-corrected chi connectivity index (χ3v) is 3.48. The van der Waals surface area contributed by atoms with Crippen molar-refractivity contribution in [1.29, 1.82) is 0 Å². The molecule has 3 heteroatoms. The fraction of sp³-hybridized carbons (Fsp3) is 0.400. The molecule has 2 nitrogen and oxygen atoms in total. The second-order valence-electron chi connectivity index (χ2n) is 2.96. The Labute approximate surface area is 81.6 Å². The molecule has 1 unspecified atom stereocenters. The summed E-state index contributed by atoms with van der Waals surface area (Å²) in [7, 11) is -0.875. The quantitative estimate of drug-likeness (QED) is 0.794. The summed E-state index contributed by atoms with van der Waals surface area (Å²) in [6.07, 6.45) is 0.820. The second-order valence-corrected chi connectivity index (χ2v) is 4.50. The van der Waals surface area contributed by atoms with E-state index in [0.717, 1.165) is 16.9 Å². The van der Waals surface area contributed by atoms with Crippen molar-refractivity contribution < 1.29 is 4.21 Å². The van der Waals surface area contributed by atoms with Crippen LogP contribution in [0.3, 0.4) is 0 Å². The van der Waals surface area contributed by atoms with Gasteiger partial charge in [-0.05, 0) is 31.5 Å². The number of benzene rings is 1. The van der Waals surface area contributed by atoms with Gasteiger partial charge in [-0.25, -0.2) is 0 Å². The Hall–Kier alpha value is -0.670. The third-order valence-electron chi connectivity index (χ3n) is 1.87. The van der Waals surface area contributed by atoms with Crippen molar-refractivity contribution in [2.75, 3.05) is 12.3 Å². The van der Waals surface area contributed by atoms with E-state index < -0.39 is 10.8 Å². The minimum absolute atomic E-state index is 0.609. The molecule has 0 heterocycles. The molecular formula is C10H15NOS. The first-order chi connectivity index (χ1) is 6.25. The maximum atomic E-state index is 11.7. The third kappa shape index (κ3) is 2.94. The summed E-state index contributed by atoms with van der Waals surface area (Å²) in [5.74, 6) is 0.668. The normalized spacial score (nSPS) is 12.8. The first-order valence-corrected chi connectivity index (χ1v) is 5.71. The van der Waals surface area contributed by atoms with Crippen molar-refractivity contribution in [2.45, 2.75) is 18.2 Å². The number of aryl methyl sites for hydroxylation is 1. The SMILES string of the molecule is Cc1ccccc1S(=O)CCCN. The lowest BCUT2D eigenvalue weighted by Crippen LogP contribution is -2.06. The van der Waals surface area contributed by atoms with Crippen LogP contribution in [0.5, 0.6) is 0 Å². The zero-order valence-corrected chi connectivity index (χ0v) is 8.64. The molecule has 0 radical (unpaired) electrons. The van der Waals surface area contributed by atoms with Gasteiger partial charge < -0.3 is 5.73 Å². The van der Waals surface area contributed by atoms with E-state index in [2.05, 4.69) is 0 Å². The summed E-state index contributed by atoms with van der Waals surface area (Å²) in [5, 5.41) is 0. The molecular weight excluding hydrogens is 182 g/mol. The summed E-state index contributed by atoms with van der Waals surface area (Å²) >= 11 is 0. The fourth-order valence-electron chi connectivity index (χ4n) is 1.14. The molecule has 0 saturated carbocycles. The minimum atomic E-state index is -0.875. The predicted molar refractivity (Wildman–Crippen MR) is 56.1 cm³/mol. The Balaban J connectivity index is 2.71. The van der Waals surface area contributed by atoms with Gasteiger partial charge in [0.05, 0.1) is 10.8 Å². The van der Waals surface area contributed by atoms with E-state index in [1.807, 2.05) is 31.2 Å². The number of nitrogens with two attached hydrogens (primary N) is 1. The van der Waals surface area contributed by atoms with Gasteiger partial charge in [0, 0.05) is 10.6 Å². The van der Waals surface area contributed by atoms with Crippen molar-refractivity contribution in [2.24, 2.45) is 5.73 Å². The van der Waals surface area contributed by atoms with Gasteiger partial charge in [0.2, 0.25) is 0 Å². The number of hydrogen-bond donors (Lipinski definition) is 1. The maximum Gasteiger partial charge on any atom is 0.0532 e. The van der Waals surface area contributed by atoms with E-state index in [-0.39, 0.29) is 0 Å². The van der Waals surface area contributed by atoms with Gasteiger partial charge >= 0.3 is 0 Å². The first-order valence-electron chi connectivity index (χ1n) is 4.40. The summed E-state index contributed by atoms with van der Waals surface area (Å²) in [4.78, 5) is 0.941. The average molecular weight is 197 g/mol. The van der Waals surface area contributed by atoms with Crippen LogP contribution in [0.1, 0.15) is 12.0 Å². The molecule has 1 atom stereocenters. The summed E-state index contributed by atoms with van der Waals surface area (Å²) in [6, 6.07) is 7.78. The van der Waals surface area contributed by atoms with Crippen LogP contribution in [0, 0.1) is 6.92 Å². The van der Waals surface area contributed by atoms with Crippen molar-refractivity contribution in [3.05, 3.63) is 29.8 Å². The summed E-state index contributed by atoms with van der Waals surface area (Å²) in [6.45, 7) is 2.59. The molecule has 1 rings (SSSR count). The molecule has 0 bridgehead atoms. The van der Waals surface area contributed by atoms with Crippen LogP contribution < -0.4 is 5.73 Å². The average Bonchev–Trinajstić information content (AvgIpc) is 2.15. The Bertz CT molecular complexity index is 299. The van der Waals surface area contributed by atoms with E-state index in [9.17, 15) is 4.21 Å². The Morgan fingerprint density at radius 1 is 1.38 bits per heavy atom. The van der Waals surface area contributed by atoms with Crippen molar-refractivity contribution in [3.63, 3.8) is 0 Å². The van der Waals surface area contributed by atoms with E-state index >= 15 is 0 Å². The number of rotatable bonds is 4. The van der Waals surface area contributed by atoms with Crippen LogP contribution in [0.25, 0.3) is 0 Å². The predicted octanol–water partition coefficient (Wildman–Crippen LogP) is 1.45. The van der Waals surface area contributed by atoms with Crippen molar-refractivity contribution in [1.82, 2.24) is 0 Å². The lowest BCUT2D eigenvalue weighted by molar-refractivity contribution is 0.680. The van der Waals surface area contributed by atoms with Gasteiger partial charge in [0.15, 0.2) is 0 Å². The molecule has 0 saturated heterocycles. The highest BCUT2D eigenvalue weighted by Crippen LogP contribution is 2.12. The molecule has 1 aromatic rings. The van der Waals surface area contributed by atoms with Gasteiger partial charge in [-0.1, -0.05) is 18.2 Å². The van der Waals surface area contributed by atoms with Crippen LogP contribution in [0.4, 0.5) is 0 Å². The highest BCUT2D eigenvalue weighted by atomic mass is 32.2. The molecule has 0 aliphatic heterocycles. The molecule has 72 valence electrons. The maximum absolute atomic E-state index is 11.7. The van der Waals surface area contributed by atoms with Gasteiger partial charge in [0.25, 0.3) is 0 Å². The zero-order valence-electron chi connectivity index (χ0n) is 7.82. The highest BCUT2D eigenvalue weighted by Gasteiger charge is 2.04. The standard InChI is InChI=1S/C10H15NOS/c1-9-5-2-3-6-10(9)13(12)8-4-7-11/h2-3,5-6H,4,7-8,11H2,1H3. The van der Waals surface area contributed by atoms with E-state index in [0.29, 0.717) is 12.3 Å². The first kappa shape index (κ1) is 10.4. The molecule has 1 aromatic carbocycles. The molecule has 0 spiro atoms. The van der Waals surface area contributed by atoms with Gasteiger partial charge in [-0.15, -0.1) is 0 Å². The number of hydrogen-bond acceptors (Lipinski definition) is 2. The van der Waals surface area contributed by atoms with Crippen LogP contribution in [-0.2, 0) is 10.8 Å². The lowest BCUT2D eigenvalue weighted by Gasteiger charge is -2.04. The second kappa shape index (κ2) is 5.14. The van der Waals surface area contributed by atoms with Crippen LogP contribution in [0.15, 0.2) is 29.2 Å². The Morgan fingerprint density at radius 3 is 2.69 bits per heavy atom. The van der Waals surface area contributed by atoms with Crippen molar-refractivity contribution in [3.8, 4) is 0 Å². The summed E-state index contributed by atoms with van der Waals surface area (Å²) < 4.78 is 11.7. The minimum Gasteiger partial charge on any atom is -0.330 e. The molecule has 0 fully saturated rings. The van der Waals surface area contributed by atoms with Crippen LogP contribution in [-0.4, -0.2) is 16.5 Å². The lowest BCUT2D eigenvalue weighted by atomic mass is 10.2. The van der Waals surface area contributed by atoms with Gasteiger partial charge in [-0.2, -0.15) is 0 Å². The van der Waals surface area contributed by atoms with E-state index in [1.165, 1.54) is 0 Å². The van der Waals surface area contributed by atoms with Gasteiger partial charge in [0.1, 0.15) is 0 Å². The monoisotopic (exact) mass is 197 g/mol. The van der Waals surface area contributed by atoms with Crippen LogP contribution in [0.2, 0.25) is 0 Å². The molecule has 0 aliphatic rings. The Morgan fingerprint density at radius 2 is 2.08 bits per heavy atom. The molecule has 2 N–H and O–H groups in total. The summed E-state index contributed by atoms with van der Waals surface area (Å²) in [5.41, 5.74) is 6.45. The van der Waals surface area contributed by atoms with E-state index in [1.54, 1.807) is 0 Å². The van der Waals surface area contributed by atoms with Crippen molar-refractivity contribution >= 4 is 10.8 Å². The molecule has 0 aromatic heterocycles. The molecule has 13 heavy (non-hydrogen) atoms. The largest absolute Gasteiger partial charge is 0.330 e. The van der Waals surface area contributed by atoms with Crippen LogP contribution >= 0.6 is 0 Å². The topological polar surface area (TPSA) is 43.1 Å². The van der Waals surface area contributed by atoms with Gasteiger partial charge in [-0.3, -0.25) is 4.21 Å². The Kier molecular flexibility index (Phi) is 4.12. The fourth-order valence-corrected chi connectivity index (χ4v) is 2.44. The zero-order chi connectivity index (χ0) is 9.68. The molecule has 0 amide bonds. The highest BCUT2D eigenvalue weighted by molar-refractivity contribution is 7.85. The van der Waals surface area contributed by atoms with E-state index in [4.69, 9.17) is 5.73 Å².